The molecule has 0 radical (unpaired) electrons. The van der Waals surface area contributed by atoms with Gasteiger partial charge in [0.25, 0.3) is 0 Å². The van der Waals surface area contributed by atoms with Gasteiger partial charge in [-0.25, -0.2) is 13.4 Å². The summed E-state index contributed by atoms with van der Waals surface area (Å²) in [6.45, 7) is 0.853. The van der Waals surface area contributed by atoms with Crippen LogP contribution in [0, 0.1) is 0 Å². The van der Waals surface area contributed by atoms with Gasteiger partial charge in [-0.05, 0) is 62.9 Å². The molecule has 3 heterocycles. The number of fused-ring (bicyclic) bond motifs is 1. The van der Waals surface area contributed by atoms with Crippen LogP contribution in [0.4, 0.5) is 5.82 Å². The zero-order chi connectivity index (χ0) is 23.9. The molecule has 0 bridgehead atoms. The van der Waals surface area contributed by atoms with Crippen LogP contribution in [0.5, 0.6) is 0 Å². The Hall–Kier alpha value is -1.98. The Kier molecular flexibility index (Phi) is 6.69. The van der Waals surface area contributed by atoms with Gasteiger partial charge in [0.15, 0.2) is 5.65 Å². The van der Waals surface area contributed by atoms with Crippen molar-refractivity contribution in [2.75, 3.05) is 18.4 Å². The highest BCUT2D eigenvalue weighted by atomic mass is 79.9. The smallest absolute Gasteiger partial charge is 0.244 e. The molecule has 0 amide bonds. The summed E-state index contributed by atoms with van der Waals surface area (Å²) in [6.07, 6.45) is 3.03. The van der Waals surface area contributed by atoms with E-state index < -0.39 is 10.0 Å². The Morgan fingerprint density at radius 1 is 1.00 bits per heavy atom. The topological polar surface area (TPSA) is 79.6 Å². The van der Waals surface area contributed by atoms with Gasteiger partial charge < -0.3 is 5.32 Å². The third-order valence-corrected chi connectivity index (χ3v) is 9.64. The number of aromatic nitrogens is 3. The highest BCUT2D eigenvalue weighted by molar-refractivity contribution is 9.11. The number of halogens is 3. The second kappa shape index (κ2) is 9.58. The minimum Gasteiger partial charge on any atom is -0.367 e. The maximum absolute atomic E-state index is 13.1. The summed E-state index contributed by atoms with van der Waals surface area (Å²) < 4.78 is 30.9. The molecular formula is C23H20Br2ClN5O2S. The minimum absolute atomic E-state index is 0.0818. The third-order valence-electron chi connectivity index (χ3n) is 5.84. The number of piperidine rings is 1. The number of hydrogen-bond donors (Lipinski definition) is 1. The van der Waals surface area contributed by atoms with Crippen LogP contribution in [0.15, 0.2) is 74.6 Å². The van der Waals surface area contributed by atoms with Crippen molar-refractivity contribution in [2.45, 2.75) is 23.8 Å². The molecule has 176 valence electrons. The van der Waals surface area contributed by atoms with Crippen LogP contribution in [-0.2, 0) is 10.0 Å². The Labute approximate surface area is 219 Å². The molecule has 0 aliphatic carbocycles. The first-order valence-electron chi connectivity index (χ1n) is 10.6. The molecule has 1 saturated heterocycles. The van der Waals surface area contributed by atoms with Crippen LogP contribution in [0.25, 0.3) is 16.9 Å². The van der Waals surface area contributed by atoms with Gasteiger partial charge in [0.1, 0.15) is 5.82 Å². The van der Waals surface area contributed by atoms with Crippen LogP contribution in [0.1, 0.15) is 12.8 Å². The molecule has 1 N–H and O–H groups in total. The van der Waals surface area contributed by atoms with Crippen molar-refractivity contribution in [1.82, 2.24) is 18.9 Å². The third kappa shape index (κ3) is 4.49. The molecule has 7 nitrogen and oxygen atoms in total. The molecule has 0 spiro atoms. The Balaban J connectivity index is 1.39. The van der Waals surface area contributed by atoms with Gasteiger partial charge >= 0.3 is 0 Å². The Bertz CT molecular complexity index is 1470. The van der Waals surface area contributed by atoms with E-state index in [1.165, 1.54) is 0 Å². The van der Waals surface area contributed by atoms with E-state index in [4.69, 9.17) is 16.6 Å². The molecule has 0 atom stereocenters. The van der Waals surface area contributed by atoms with Gasteiger partial charge in [-0.3, -0.25) is 0 Å². The van der Waals surface area contributed by atoms with Crippen molar-refractivity contribution >= 4 is 64.9 Å². The zero-order valence-electron chi connectivity index (χ0n) is 17.8. The van der Waals surface area contributed by atoms with Crippen molar-refractivity contribution in [2.24, 2.45) is 0 Å². The average molecular weight is 626 g/mol. The predicted molar refractivity (Wildman–Crippen MR) is 141 cm³/mol. The molecule has 1 aliphatic rings. The molecule has 4 aromatic rings. The van der Waals surface area contributed by atoms with Gasteiger partial charge in [-0.1, -0.05) is 41.9 Å². The summed E-state index contributed by atoms with van der Waals surface area (Å²) in [5, 5.41) is 8.62. The summed E-state index contributed by atoms with van der Waals surface area (Å²) in [6, 6.07) is 16.5. The fourth-order valence-electron chi connectivity index (χ4n) is 4.09. The van der Waals surface area contributed by atoms with Crippen molar-refractivity contribution in [3.63, 3.8) is 0 Å². The summed E-state index contributed by atoms with van der Waals surface area (Å²) in [5.74, 6) is 0.776. The molecule has 1 aliphatic heterocycles. The quantitative estimate of drug-likeness (QED) is 0.302. The van der Waals surface area contributed by atoms with E-state index in [1.807, 2.05) is 30.3 Å². The number of nitrogens with zero attached hydrogens (tertiary/aromatic N) is 4. The highest BCUT2D eigenvalue weighted by Crippen LogP contribution is 2.32. The van der Waals surface area contributed by atoms with Gasteiger partial charge in [0, 0.05) is 40.3 Å². The standard InChI is InChI=1S/C23H20Br2ClN5O2S/c24-17-6-2-4-8-21(17)34(32,33)30-11-9-15(10-12-30)28-22-13-20(16-5-1-3-7-19(16)26)29-23-18(25)14-27-31(22)23/h1-8,13-15,28H,9-12H2. The first-order chi connectivity index (χ1) is 16.3. The molecule has 0 saturated carbocycles. The number of hydrogen-bond acceptors (Lipinski definition) is 5. The summed E-state index contributed by atoms with van der Waals surface area (Å²) in [5.41, 5.74) is 2.24. The molecule has 5 rings (SSSR count). The van der Waals surface area contributed by atoms with E-state index in [-0.39, 0.29) is 6.04 Å². The summed E-state index contributed by atoms with van der Waals surface area (Å²) in [7, 11) is -3.56. The van der Waals surface area contributed by atoms with E-state index >= 15 is 0 Å². The zero-order valence-corrected chi connectivity index (χ0v) is 22.6. The summed E-state index contributed by atoms with van der Waals surface area (Å²) in [4.78, 5) is 5.04. The van der Waals surface area contributed by atoms with E-state index in [0.29, 0.717) is 46.0 Å². The average Bonchev–Trinajstić information content (AvgIpc) is 3.21. The molecule has 2 aromatic heterocycles. The number of sulfonamides is 1. The predicted octanol–water partition coefficient (Wildman–Crippen LogP) is 5.84. The molecule has 1 fully saturated rings. The lowest BCUT2D eigenvalue weighted by Crippen LogP contribution is -2.42. The van der Waals surface area contributed by atoms with Crippen LogP contribution in [-0.4, -0.2) is 46.5 Å². The van der Waals surface area contributed by atoms with Crippen molar-refractivity contribution in [1.29, 1.82) is 0 Å². The molecular weight excluding hydrogens is 606 g/mol. The monoisotopic (exact) mass is 623 g/mol. The van der Waals surface area contributed by atoms with Gasteiger partial charge in [-0.2, -0.15) is 13.9 Å². The maximum atomic E-state index is 13.1. The maximum Gasteiger partial charge on any atom is 0.244 e. The second-order valence-corrected chi connectivity index (χ2v) is 12.0. The van der Waals surface area contributed by atoms with Gasteiger partial charge in [0.05, 0.1) is 21.3 Å². The van der Waals surface area contributed by atoms with Crippen molar-refractivity contribution < 1.29 is 8.42 Å². The van der Waals surface area contributed by atoms with E-state index in [0.717, 1.165) is 21.5 Å². The number of rotatable bonds is 5. The Morgan fingerprint density at radius 2 is 1.71 bits per heavy atom. The lowest BCUT2D eigenvalue weighted by Gasteiger charge is -2.32. The SMILES string of the molecule is O=S(=O)(c1ccccc1Br)N1CCC(Nc2cc(-c3ccccc3Cl)nc3c(Br)cnn23)CC1. The van der Waals surface area contributed by atoms with Gasteiger partial charge in [0.2, 0.25) is 10.0 Å². The van der Waals surface area contributed by atoms with Crippen LogP contribution in [0.3, 0.4) is 0 Å². The largest absolute Gasteiger partial charge is 0.367 e. The van der Waals surface area contributed by atoms with E-state index in [1.54, 1.807) is 39.3 Å². The number of benzene rings is 2. The minimum atomic E-state index is -3.56. The molecule has 2 aromatic carbocycles. The molecule has 11 heteroatoms. The summed E-state index contributed by atoms with van der Waals surface area (Å²) >= 11 is 13.3. The highest BCUT2D eigenvalue weighted by Gasteiger charge is 2.31. The fourth-order valence-corrected chi connectivity index (χ4v) is 7.10. The van der Waals surface area contributed by atoms with Gasteiger partial charge in [-0.15, -0.1) is 0 Å². The molecule has 34 heavy (non-hydrogen) atoms. The van der Waals surface area contributed by atoms with E-state index in [2.05, 4.69) is 42.3 Å². The van der Waals surface area contributed by atoms with Crippen molar-refractivity contribution in [3.05, 3.63) is 74.8 Å². The number of anilines is 1. The lowest BCUT2D eigenvalue weighted by molar-refractivity contribution is 0.329. The van der Waals surface area contributed by atoms with Crippen LogP contribution >= 0.6 is 43.5 Å². The van der Waals surface area contributed by atoms with Crippen molar-refractivity contribution in [3.8, 4) is 11.3 Å². The number of nitrogens with one attached hydrogen (secondary N) is 1. The lowest BCUT2D eigenvalue weighted by atomic mass is 10.1. The first-order valence-corrected chi connectivity index (χ1v) is 14.1. The van der Waals surface area contributed by atoms with Crippen LogP contribution < -0.4 is 5.32 Å². The van der Waals surface area contributed by atoms with Crippen LogP contribution in [0.2, 0.25) is 5.02 Å². The Morgan fingerprint density at radius 3 is 2.44 bits per heavy atom. The second-order valence-electron chi connectivity index (χ2n) is 7.99. The van der Waals surface area contributed by atoms with E-state index in [9.17, 15) is 8.42 Å². The first kappa shape index (κ1) is 23.7. The molecule has 0 unspecified atom stereocenters. The fraction of sp³-hybridized carbons (Fsp3) is 0.217. The normalized spacial score (nSPS) is 15.6.